The van der Waals surface area contributed by atoms with Gasteiger partial charge in [0.2, 0.25) is 0 Å². The van der Waals surface area contributed by atoms with Crippen LogP contribution in [0, 0.1) is 13.8 Å². The van der Waals surface area contributed by atoms with Crippen molar-refractivity contribution in [3.63, 3.8) is 0 Å². The summed E-state index contributed by atoms with van der Waals surface area (Å²) in [6.07, 6.45) is 15.3. The fourth-order valence-electron chi connectivity index (χ4n) is 11.0. The van der Waals surface area contributed by atoms with Crippen LogP contribution in [0.5, 0.6) is 0 Å². The summed E-state index contributed by atoms with van der Waals surface area (Å²) in [6.45, 7) is 8.92. The van der Waals surface area contributed by atoms with Crippen molar-refractivity contribution in [2.75, 3.05) is 9.80 Å². The molecule has 0 amide bonds. The number of rotatable bonds is 18. The second-order valence-corrected chi connectivity index (χ2v) is 20.8. The molecule has 2 nitrogen and oxygen atoms in total. The van der Waals surface area contributed by atoms with Crippen LogP contribution in [-0.2, 0) is 12.8 Å². The molecule has 0 fully saturated rings. The predicted molar refractivity (Wildman–Crippen MR) is 354 cm³/mol. The maximum absolute atomic E-state index is 2.42. The Morgan fingerprint density at radius 1 is 0.280 bits per heavy atom. The van der Waals surface area contributed by atoms with Gasteiger partial charge < -0.3 is 9.80 Å². The molecule has 0 unspecified atom stereocenters. The quantitative estimate of drug-likeness (QED) is 0.0790. The third kappa shape index (κ3) is 12.7. The molecule has 2 heteroatoms. The van der Waals surface area contributed by atoms with Crippen LogP contribution in [-0.4, -0.2) is 0 Å². The van der Waals surface area contributed by atoms with Gasteiger partial charge >= 0.3 is 0 Å². The first-order valence-electron chi connectivity index (χ1n) is 28.7. The second-order valence-electron chi connectivity index (χ2n) is 20.8. The lowest BCUT2D eigenvalue weighted by Crippen LogP contribution is -2.13. The summed E-state index contributed by atoms with van der Waals surface area (Å²) in [4.78, 5) is 4.84. The predicted octanol–water partition coefficient (Wildman–Crippen LogP) is 21.9. The third-order valence-electron chi connectivity index (χ3n) is 15.3. The molecule has 11 aromatic carbocycles. The zero-order chi connectivity index (χ0) is 56.0. The number of aryl methyl sites for hydroxylation is 4. The zero-order valence-electron chi connectivity index (χ0n) is 47.3. The molecule has 0 spiro atoms. The van der Waals surface area contributed by atoms with E-state index in [0.29, 0.717) is 0 Å². The van der Waals surface area contributed by atoms with Gasteiger partial charge in [0.1, 0.15) is 0 Å². The molecule has 0 saturated carbocycles. The van der Waals surface area contributed by atoms with Crippen LogP contribution in [0.4, 0.5) is 34.1 Å². The Kier molecular flexibility index (Phi) is 17.0. The normalized spacial score (nSPS) is 11.2. The molecule has 398 valence electrons. The largest absolute Gasteiger partial charge is 0.310 e. The van der Waals surface area contributed by atoms with Crippen LogP contribution in [0.2, 0.25) is 0 Å². The highest BCUT2D eigenvalue weighted by Crippen LogP contribution is 2.42. The van der Waals surface area contributed by atoms with Gasteiger partial charge in [0.25, 0.3) is 0 Å². The van der Waals surface area contributed by atoms with Crippen molar-refractivity contribution in [3.05, 3.63) is 357 Å². The van der Waals surface area contributed by atoms with E-state index in [0.717, 1.165) is 69.0 Å². The lowest BCUT2D eigenvalue weighted by Gasteiger charge is -2.29. The fourth-order valence-corrected chi connectivity index (χ4v) is 11.0. The number of hydrogen-bond acceptors (Lipinski definition) is 2. The molecular weight excluding hydrogens is 989 g/mol. The van der Waals surface area contributed by atoms with Gasteiger partial charge in [0.15, 0.2) is 0 Å². The Morgan fingerprint density at radius 3 is 0.866 bits per heavy atom. The van der Waals surface area contributed by atoms with Gasteiger partial charge in [-0.2, -0.15) is 0 Å². The number of anilines is 6. The smallest absolute Gasteiger partial charge is 0.0522 e. The first-order chi connectivity index (χ1) is 40.4. The summed E-state index contributed by atoms with van der Waals surface area (Å²) >= 11 is 0. The van der Waals surface area contributed by atoms with Crippen LogP contribution in [0.15, 0.2) is 279 Å². The van der Waals surface area contributed by atoms with Crippen molar-refractivity contribution >= 4 is 81.7 Å². The average molecular weight is 1060 g/mol. The van der Waals surface area contributed by atoms with Crippen molar-refractivity contribution in [1.82, 2.24) is 0 Å². The molecule has 0 radical (unpaired) electrons. The van der Waals surface area contributed by atoms with Gasteiger partial charge in [-0.15, -0.1) is 0 Å². The molecule has 0 saturated heterocycles. The Hall–Kier alpha value is -10.0. The van der Waals surface area contributed by atoms with Crippen molar-refractivity contribution in [2.24, 2.45) is 0 Å². The summed E-state index contributed by atoms with van der Waals surface area (Å²) in [7, 11) is 0. The van der Waals surface area contributed by atoms with Crippen molar-refractivity contribution < 1.29 is 0 Å². The second kappa shape index (κ2) is 25.8. The van der Waals surface area contributed by atoms with E-state index in [1.54, 1.807) is 0 Å². The third-order valence-corrected chi connectivity index (χ3v) is 15.3. The molecule has 0 bridgehead atoms. The minimum absolute atomic E-state index is 0.933. The lowest BCUT2D eigenvalue weighted by atomic mass is 9.95. The zero-order valence-corrected chi connectivity index (χ0v) is 47.3. The van der Waals surface area contributed by atoms with Crippen molar-refractivity contribution in [3.8, 4) is 0 Å². The van der Waals surface area contributed by atoms with E-state index < -0.39 is 0 Å². The summed E-state index contributed by atoms with van der Waals surface area (Å²) in [5.41, 5.74) is 26.1. The Bertz CT molecular complexity index is 3660. The fraction of sp³-hybridized carbons (Fsp3) is 0.0750. The standard InChI is InChI=1S/C80H68N2/c1-5-67-34-19-22-59(3)79(67)81(75-52-44-65(45-53-75)57-77(69-26-11-7-12-27-69)70-28-13-8-14-29-70)73-48-40-61(41-49-73)36-38-63-24-21-25-64(56-63)39-37-62-42-50-74(51-43-62)82(80-60(4)23-20-35-68(80)6-2)76-54-46-66(47-55-76)58-78(71-30-15-9-16-31-71)72-32-17-10-18-33-72/h7-58H,5-6H2,1-4H3. The Balaban J connectivity index is 0.817. The van der Waals surface area contributed by atoms with E-state index in [2.05, 4.69) is 353 Å². The van der Waals surface area contributed by atoms with Crippen LogP contribution in [0.25, 0.3) is 47.6 Å². The molecule has 0 atom stereocenters. The number of benzene rings is 11. The lowest BCUT2D eigenvalue weighted by molar-refractivity contribution is 1.10. The van der Waals surface area contributed by atoms with Gasteiger partial charge in [0, 0.05) is 22.7 Å². The van der Waals surface area contributed by atoms with Crippen LogP contribution in [0.1, 0.15) is 91.7 Å². The van der Waals surface area contributed by atoms with E-state index in [1.807, 2.05) is 0 Å². The van der Waals surface area contributed by atoms with Crippen molar-refractivity contribution in [1.29, 1.82) is 0 Å². The molecule has 0 aliphatic carbocycles. The van der Waals surface area contributed by atoms with Crippen molar-refractivity contribution in [2.45, 2.75) is 40.5 Å². The van der Waals surface area contributed by atoms with E-state index in [4.69, 9.17) is 0 Å². The number of nitrogens with zero attached hydrogens (tertiary/aromatic N) is 2. The van der Waals surface area contributed by atoms with Crippen LogP contribution >= 0.6 is 0 Å². The summed E-state index contributed by atoms with van der Waals surface area (Å²) in [6, 6.07) is 101. The van der Waals surface area contributed by atoms with Gasteiger partial charge in [-0.05, 0) is 182 Å². The maximum atomic E-state index is 2.42. The molecule has 0 N–H and O–H groups in total. The highest BCUT2D eigenvalue weighted by Gasteiger charge is 2.20. The molecular formula is C80H68N2. The average Bonchev–Trinajstić information content (AvgIpc) is 3.71. The van der Waals surface area contributed by atoms with E-state index in [9.17, 15) is 0 Å². The van der Waals surface area contributed by atoms with Gasteiger partial charge in [0.05, 0.1) is 11.4 Å². The van der Waals surface area contributed by atoms with E-state index >= 15 is 0 Å². The molecule has 0 aromatic heterocycles. The van der Waals surface area contributed by atoms with Gasteiger partial charge in [-0.1, -0.05) is 263 Å². The first-order valence-corrected chi connectivity index (χ1v) is 28.7. The highest BCUT2D eigenvalue weighted by atomic mass is 15.2. The van der Waals surface area contributed by atoms with E-state index in [-0.39, 0.29) is 0 Å². The summed E-state index contributed by atoms with van der Waals surface area (Å²) in [5.74, 6) is 0. The summed E-state index contributed by atoms with van der Waals surface area (Å²) in [5, 5.41) is 0. The van der Waals surface area contributed by atoms with E-state index in [1.165, 1.54) is 67.0 Å². The number of hydrogen-bond donors (Lipinski definition) is 0. The molecule has 82 heavy (non-hydrogen) atoms. The Labute approximate surface area is 486 Å². The molecule has 0 aliphatic heterocycles. The van der Waals surface area contributed by atoms with Crippen LogP contribution < -0.4 is 9.80 Å². The summed E-state index contributed by atoms with van der Waals surface area (Å²) < 4.78 is 0. The van der Waals surface area contributed by atoms with Gasteiger partial charge in [-0.25, -0.2) is 0 Å². The van der Waals surface area contributed by atoms with Gasteiger partial charge in [-0.3, -0.25) is 0 Å². The van der Waals surface area contributed by atoms with Crippen LogP contribution in [0.3, 0.4) is 0 Å². The molecule has 0 aliphatic rings. The first kappa shape index (κ1) is 54.0. The topological polar surface area (TPSA) is 6.48 Å². The number of para-hydroxylation sites is 2. The highest BCUT2D eigenvalue weighted by molar-refractivity contribution is 5.93. The minimum Gasteiger partial charge on any atom is -0.310 e. The molecule has 0 heterocycles. The minimum atomic E-state index is 0.933. The molecule has 11 aromatic rings. The SMILES string of the molecule is CCc1cccc(C)c1N(c1ccc(C=Cc2cccc(C=Cc3ccc(N(c4ccc(C=C(c5ccccc5)c5ccccc5)cc4)c4c(C)cccc4CC)cc3)c2)cc1)c1ccc(C=C(c2ccccc2)c2ccccc2)cc1. The molecule has 11 rings (SSSR count). The Morgan fingerprint density at radius 2 is 0.561 bits per heavy atom. The monoisotopic (exact) mass is 1060 g/mol. The maximum Gasteiger partial charge on any atom is 0.0522 e.